The molecule has 0 aliphatic rings. The van der Waals surface area contributed by atoms with Crippen molar-refractivity contribution in [3.8, 4) is 11.4 Å². The van der Waals surface area contributed by atoms with Gasteiger partial charge in [0.05, 0.1) is 22.1 Å². The lowest BCUT2D eigenvalue weighted by atomic mass is 10.1. The third-order valence-electron chi connectivity index (χ3n) is 9.00. The summed E-state index contributed by atoms with van der Waals surface area (Å²) in [5, 5.41) is 7.24. The predicted octanol–water partition coefficient (Wildman–Crippen LogP) is 9.83. The van der Waals surface area contributed by atoms with Gasteiger partial charge in [0, 0.05) is 38.3 Å². The molecule has 6 aromatic carbocycles. The molecule has 4 heteroatoms. The maximum Gasteiger partial charge on any atom is 0.151 e. The van der Waals surface area contributed by atoms with E-state index in [4.69, 9.17) is 4.98 Å². The highest BCUT2D eigenvalue weighted by molar-refractivity contribution is 6.17. The maximum absolute atomic E-state index is 5.36. The van der Waals surface area contributed by atoms with Crippen LogP contribution in [0.2, 0.25) is 0 Å². The molecule has 0 aliphatic heterocycles. The second kappa shape index (κ2) is 8.34. The summed E-state index contributed by atoms with van der Waals surface area (Å²) >= 11 is 0. The van der Waals surface area contributed by atoms with Crippen molar-refractivity contribution in [2.24, 2.45) is 0 Å². The van der Waals surface area contributed by atoms with Crippen LogP contribution in [0.1, 0.15) is 0 Å². The minimum absolute atomic E-state index is 0.987. The summed E-state index contributed by atoms with van der Waals surface area (Å²) < 4.78 is 7.13. The van der Waals surface area contributed by atoms with Crippen molar-refractivity contribution < 1.29 is 0 Å². The highest BCUT2D eigenvalue weighted by Crippen LogP contribution is 2.39. The van der Waals surface area contributed by atoms with Crippen LogP contribution in [-0.2, 0) is 0 Å². The molecule has 4 heterocycles. The standard InChI is InChI=1S/C39H24N4/c1-2-12-25(13-3-1)41-33-19-9-7-16-29(33)32-24-26(22-23-36(32)41)42-35-21-11-8-18-31(35)37-39(42)43-34-20-10-6-15-28(34)27-14-4-5-17-30(27)38(43)40-37/h1-24H. The lowest BCUT2D eigenvalue weighted by Gasteiger charge is -2.13. The number of nitrogens with zero attached hydrogens (tertiary/aromatic N) is 4. The van der Waals surface area contributed by atoms with E-state index < -0.39 is 0 Å². The van der Waals surface area contributed by atoms with E-state index in [0.717, 1.165) is 50.0 Å². The number of para-hydroxylation sites is 4. The van der Waals surface area contributed by atoms with E-state index in [1.807, 2.05) is 0 Å². The Bertz CT molecular complexity index is 2720. The Hall–Kier alpha value is -5.87. The van der Waals surface area contributed by atoms with Gasteiger partial charge >= 0.3 is 0 Å². The van der Waals surface area contributed by atoms with Gasteiger partial charge in [0.25, 0.3) is 0 Å². The van der Waals surface area contributed by atoms with Gasteiger partial charge in [-0.2, -0.15) is 0 Å². The van der Waals surface area contributed by atoms with E-state index in [1.54, 1.807) is 0 Å². The Labute approximate surface area is 246 Å². The van der Waals surface area contributed by atoms with Crippen LogP contribution >= 0.6 is 0 Å². The minimum Gasteiger partial charge on any atom is -0.309 e. The first-order chi connectivity index (χ1) is 21.4. The lowest BCUT2D eigenvalue weighted by Crippen LogP contribution is -1.99. The van der Waals surface area contributed by atoms with Gasteiger partial charge in [-0.25, -0.2) is 4.98 Å². The van der Waals surface area contributed by atoms with E-state index in [1.165, 1.54) is 32.6 Å². The van der Waals surface area contributed by atoms with Gasteiger partial charge < -0.3 is 4.57 Å². The molecule has 0 saturated heterocycles. The second-order valence-electron chi connectivity index (χ2n) is 11.2. The van der Waals surface area contributed by atoms with Crippen LogP contribution in [-0.4, -0.2) is 18.5 Å². The zero-order valence-electron chi connectivity index (χ0n) is 23.1. The van der Waals surface area contributed by atoms with Crippen LogP contribution in [0, 0.1) is 0 Å². The average molecular weight is 549 g/mol. The molecule has 4 nitrogen and oxygen atoms in total. The molecule has 0 amide bonds. The summed E-state index contributed by atoms with van der Waals surface area (Å²) in [7, 11) is 0. The molecule has 0 bridgehead atoms. The van der Waals surface area contributed by atoms with Crippen LogP contribution in [0.3, 0.4) is 0 Å². The van der Waals surface area contributed by atoms with Crippen LogP contribution in [0.4, 0.5) is 0 Å². The summed E-state index contributed by atoms with van der Waals surface area (Å²) in [6.07, 6.45) is 0. The number of benzene rings is 6. The molecule has 0 aliphatic carbocycles. The number of rotatable bonds is 2. The molecular weight excluding hydrogens is 524 g/mol. The summed E-state index contributed by atoms with van der Waals surface area (Å²) in [6.45, 7) is 0. The van der Waals surface area contributed by atoms with Gasteiger partial charge in [-0.05, 0) is 53.9 Å². The minimum atomic E-state index is 0.987. The molecule has 4 aromatic heterocycles. The number of hydrogen-bond acceptors (Lipinski definition) is 1. The Balaban J connectivity index is 1.38. The Kier molecular flexibility index (Phi) is 4.42. The molecule has 0 fully saturated rings. The van der Waals surface area contributed by atoms with Gasteiger partial charge in [0.15, 0.2) is 5.65 Å². The first-order valence-corrected chi connectivity index (χ1v) is 14.7. The van der Waals surface area contributed by atoms with E-state index in [-0.39, 0.29) is 0 Å². The SMILES string of the molecule is c1ccc(-n2c3ccccc3c3cc(-n4c5ccccc5c5nc6c7ccccc7c7ccccc7n6c54)ccc32)cc1. The summed E-state index contributed by atoms with van der Waals surface area (Å²) in [5.74, 6) is 0. The van der Waals surface area contributed by atoms with Crippen LogP contribution in [0.25, 0.3) is 82.6 Å². The van der Waals surface area contributed by atoms with Gasteiger partial charge in [-0.3, -0.25) is 8.97 Å². The normalized spacial score (nSPS) is 12.2. The summed E-state index contributed by atoms with van der Waals surface area (Å²) in [6, 6.07) is 52.2. The average Bonchev–Trinajstić information content (AvgIpc) is 3.72. The molecule has 200 valence electrons. The van der Waals surface area contributed by atoms with Crippen molar-refractivity contribution in [1.29, 1.82) is 0 Å². The third kappa shape index (κ3) is 2.97. The molecule has 0 spiro atoms. The van der Waals surface area contributed by atoms with E-state index in [2.05, 4.69) is 159 Å². The molecule has 0 saturated carbocycles. The highest BCUT2D eigenvalue weighted by atomic mass is 15.2. The predicted molar refractivity (Wildman–Crippen MR) is 179 cm³/mol. The first-order valence-electron chi connectivity index (χ1n) is 14.7. The lowest BCUT2D eigenvalue weighted by molar-refractivity contribution is 1.12. The molecule has 0 unspecified atom stereocenters. The third-order valence-corrected chi connectivity index (χ3v) is 9.00. The fraction of sp³-hybridized carbons (Fsp3) is 0. The number of imidazole rings is 1. The summed E-state index contributed by atoms with van der Waals surface area (Å²) in [5.41, 5.74) is 10.1. The van der Waals surface area contributed by atoms with Gasteiger partial charge in [-0.15, -0.1) is 0 Å². The maximum atomic E-state index is 5.36. The number of aromatic nitrogens is 4. The fourth-order valence-electron chi connectivity index (χ4n) is 7.22. The van der Waals surface area contributed by atoms with Crippen LogP contribution < -0.4 is 0 Å². The molecule has 10 rings (SSSR count). The smallest absolute Gasteiger partial charge is 0.151 e. The van der Waals surface area contributed by atoms with E-state index in [9.17, 15) is 0 Å². The van der Waals surface area contributed by atoms with Crippen LogP contribution in [0.15, 0.2) is 146 Å². The fourth-order valence-corrected chi connectivity index (χ4v) is 7.22. The Morgan fingerprint density at radius 2 is 0.930 bits per heavy atom. The Morgan fingerprint density at radius 3 is 1.70 bits per heavy atom. The first kappa shape index (κ1) is 22.8. The zero-order chi connectivity index (χ0) is 28.1. The van der Waals surface area contributed by atoms with Crippen molar-refractivity contribution in [3.05, 3.63) is 146 Å². The highest BCUT2D eigenvalue weighted by Gasteiger charge is 2.22. The number of pyridine rings is 1. The second-order valence-corrected chi connectivity index (χ2v) is 11.2. The van der Waals surface area contributed by atoms with E-state index >= 15 is 0 Å². The molecule has 0 N–H and O–H groups in total. The monoisotopic (exact) mass is 548 g/mol. The van der Waals surface area contributed by atoms with Crippen molar-refractivity contribution in [2.75, 3.05) is 0 Å². The molecule has 0 radical (unpaired) electrons. The summed E-state index contributed by atoms with van der Waals surface area (Å²) in [4.78, 5) is 5.36. The van der Waals surface area contributed by atoms with Crippen LogP contribution in [0.5, 0.6) is 0 Å². The van der Waals surface area contributed by atoms with Crippen molar-refractivity contribution in [3.63, 3.8) is 0 Å². The van der Waals surface area contributed by atoms with Crippen molar-refractivity contribution >= 4 is 71.2 Å². The van der Waals surface area contributed by atoms with E-state index in [0.29, 0.717) is 0 Å². The number of hydrogen-bond donors (Lipinski definition) is 0. The van der Waals surface area contributed by atoms with Gasteiger partial charge in [0.2, 0.25) is 0 Å². The van der Waals surface area contributed by atoms with Gasteiger partial charge in [0.1, 0.15) is 11.2 Å². The molecule has 10 aromatic rings. The van der Waals surface area contributed by atoms with Crippen molar-refractivity contribution in [2.45, 2.75) is 0 Å². The zero-order valence-corrected chi connectivity index (χ0v) is 23.1. The molecule has 0 atom stereocenters. The number of fused-ring (bicyclic) bond motifs is 13. The quantitative estimate of drug-likeness (QED) is 0.198. The topological polar surface area (TPSA) is 27.2 Å². The van der Waals surface area contributed by atoms with Gasteiger partial charge in [-0.1, -0.05) is 97.1 Å². The molecular formula is C39H24N4. The Morgan fingerprint density at radius 1 is 0.372 bits per heavy atom. The largest absolute Gasteiger partial charge is 0.309 e. The molecule has 43 heavy (non-hydrogen) atoms. The van der Waals surface area contributed by atoms with Crippen molar-refractivity contribution in [1.82, 2.24) is 18.5 Å².